The van der Waals surface area contributed by atoms with Crippen LogP contribution in [0.5, 0.6) is 0 Å². The molecule has 0 amide bonds. The van der Waals surface area contributed by atoms with Gasteiger partial charge in [0.15, 0.2) is 0 Å². The summed E-state index contributed by atoms with van der Waals surface area (Å²) in [6.45, 7) is 2.13. The van der Waals surface area contributed by atoms with Gasteiger partial charge in [0.2, 0.25) is 0 Å². The summed E-state index contributed by atoms with van der Waals surface area (Å²) in [6, 6.07) is 0. The normalized spacial score (nSPS) is 9.21. The molecule has 80 valence electrons. The van der Waals surface area contributed by atoms with E-state index in [0.29, 0.717) is 6.42 Å². The Bertz CT molecular complexity index is 198. The molecule has 0 rings (SSSR count). The van der Waals surface area contributed by atoms with Gasteiger partial charge in [-0.3, -0.25) is 4.79 Å². The SMILES string of the molecule is CCCC#CCCCCCCC(=O)O. The van der Waals surface area contributed by atoms with Crippen LogP contribution in [0.3, 0.4) is 0 Å². The zero-order chi connectivity index (χ0) is 10.6. The van der Waals surface area contributed by atoms with Crippen LogP contribution in [-0.4, -0.2) is 11.1 Å². The van der Waals surface area contributed by atoms with Crippen LogP contribution in [0.1, 0.15) is 58.3 Å². The first-order valence-electron chi connectivity index (χ1n) is 5.45. The Hall–Kier alpha value is -0.970. The lowest BCUT2D eigenvalue weighted by molar-refractivity contribution is -0.137. The molecule has 2 nitrogen and oxygen atoms in total. The second kappa shape index (κ2) is 10.1. The molecule has 0 spiro atoms. The van der Waals surface area contributed by atoms with Crippen molar-refractivity contribution in [1.82, 2.24) is 0 Å². The molecule has 0 bridgehead atoms. The minimum absolute atomic E-state index is 0.307. The summed E-state index contributed by atoms with van der Waals surface area (Å²) in [4.78, 5) is 10.2. The van der Waals surface area contributed by atoms with Crippen molar-refractivity contribution >= 4 is 5.97 Å². The average Bonchev–Trinajstić information content (AvgIpc) is 2.15. The van der Waals surface area contributed by atoms with Crippen LogP contribution in [0.4, 0.5) is 0 Å². The van der Waals surface area contributed by atoms with Crippen molar-refractivity contribution in [3.8, 4) is 11.8 Å². The largest absolute Gasteiger partial charge is 0.481 e. The fourth-order valence-corrected chi connectivity index (χ4v) is 1.14. The third-order valence-corrected chi connectivity index (χ3v) is 1.94. The van der Waals surface area contributed by atoms with Crippen molar-refractivity contribution in [3.05, 3.63) is 0 Å². The highest BCUT2D eigenvalue weighted by Gasteiger charge is 1.95. The van der Waals surface area contributed by atoms with Crippen LogP contribution >= 0.6 is 0 Å². The van der Waals surface area contributed by atoms with E-state index in [2.05, 4.69) is 18.8 Å². The lowest BCUT2D eigenvalue weighted by Gasteiger charge is -1.95. The number of hydrogen-bond donors (Lipinski definition) is 1. The number of aliphatic carboxylic acids is 1. The van der Waals surface area contributed by atoms with Crippen molar-refractivity contribution in [2.45, 2.75) is 58.3 Å². The molecule has 0 unspecified atom stereocenters. The molecule has 2 heteroatoms. The first-order valence-corrected chi connectivity index (χ1v) is 5.45. The van der Waals surface area contributed by atoms with Crippen molar-refractivity contribution < 1.29 is 9.90 Å². The summed E-state index contributed by atoms with van der Waals surface area (Å²) >= 11 is 0. The molecule has 0 saturated heterocycles. The first-order chi connectivity index (χ1) is 6.77. The average molecular weight is 196 g/mol. The van der Waals surface area contributed by atoms with Gasteiger partial charge in [-0.05, 0) is 19.3 Å². The molecule has 1 N–H and O–H groups in total. The van der Waals surface area contributed by atoms with Gasteiger partial charge in [-0.15, -0.1) is 11.8 Å². The molecule has 0 aliphatic rings. The second-order valence-electron chi connectivity index (χ2n) is 3.41. The van der Waals surface area contributed by atoms with E-state index in [1.165, 1.54) is 0 Å². The van der Waals surface area contributed by atoms with Gasteiger partial charge in [0.25, 0.3) is 0 Å². The smallest absolute Gasteiger partial charge is 0.303 e. The van der Waals surface area contributed by atoms with Crippen LogP contribution in [0.25, 0.3) is 0 Å². The summed E-state index contributed by atoms with van der Waals surface area (Å²) in [6.07, 6.45) is 7.43. The first kappa shape index (κ1) is 13.0. The molecular weight excluding hydrogens is 176 g/mol. The highest BCUT2D eigenvalue weighted by Crippen LogP contribution is 2.04. The molecule has 14 heavy (non-hydrogen) atoms. The maximum Gasteiger partial charge on any atom is 0.303 e. The minimum Gasteiger partial charge on any atom is -0.481 e. The van der Waals surface area contributed by atoms with E-state index in [4.69, 9.17) is 5.11 Å². The van der Waals surface area contributed by atoms with Crippen molar-refractivity contribution in [3.63, 3.8) is 0 Å². The summed E-state index contributed by atoms with van der Waals surface area (Å²) < 4.78 is 0. The van der Waals surface area contributed by atoms with Crippen molar-refractivity contribution in [2.24, 2.45) is 0 Å². The molecule has 0 heterocycles. The molecule has 0 aliphatic carbocycles. The highest BCUT2D eigenvalue weighted by molar-refractivity contribution is 5.66. The maximum absolute atomic E-state index is 10.2. The Balaban J connectivity index is 3.07. The number of hydrogen-bond acceptors (Lipinski definition) is 1. The molecule has 0 radical (unpaired) electrons. The molecule has 0 atom stereocenters. The Kier molecular flexibility index (Phi) is 9.41. The lowest BCUT2D eigenvalue weighted by atomic mass is 10.1. The summed E-state index contributed by atoms with van der Waals surface area (Å²) in [5.41, 5.74) is 0. The number of unbranched alkanes of at least 4 members (excludes halogenated alkanes) is 5. The zero-order valence-corrected chi connectivity index (χ0v) is 9.01. The zero-order valence-electron chi connectivity index (χ0n) is 9.01. The predicted octanol–water partition coefficient (Wildman–Crippen LogP) is 3.22. The van der Waals surface area contributed by atoms with Crippen LogP contribution in [0.15, 0.2) is 0 Å². The van der Waals surface area contributed by atoms with Crippen LogP contribution in [-0.2, 0) is 4.79 Å². The van der Waals surface area contributed by atoms with Crippen LogP contribution in [0.2, 0.25) is 0 Å². The Labute approximate surface area is 86.7 Å². The molecule has 0 aromatic rings. The van der Waals surface area contributed by atoms with E-state index in [-0.39, 0.29) is 0 Å². The number of carboxylic acid groups (broad SMARTS) is 1. The fourth-order valence-electron chi connectivity index (χ4n) is 1.14. The van der Waals surface area contributed by atoms with E-state index < -0.39 is 5.97 Å². The third kappa shape index (κ3) is 11.0. The van der Waals surface area contributed by atoms with E-state index in [1.54, 1.807) is 0 Å². The van der Waals surface area contributed by atoms with E-state index >= 15 is 0 Å². The van der Waals surface area contributed by atoms with E-state index in [1.807, 2.05) is 0 Å². The summed E-state index contributed by atoms with van der Waals surface area (Å²) in [5.74, 6) is 5.53. The molecule has 0 saturated carbocycles. The molecular formula is C12H20O2. The number of rotatable bonds is 7. The van der Waals surface area contributed by atoms with Gasteiger partial charge in [0.05, 0.1) is 0 Å². The summed E-state index contributed by atoms with van der Waals surface area (Å²) in [7, 11) is 0. The van der Waals surface area contributed by atoms with Gasteiger partial charge >= 0.3 is 5.97 Å². The predicted molar refractivity (Wildman–Crippen MR) is 58.0 cm³/mol. The highest BCUT2D eigenvalue weighted by atomic mass is 16.4. The molecule has 0 fully saturated rings. The van der Waals surface area contributed by atoms with Gasteiger partial charge in [-0.1, -0.05) is 19.8 Å². The Morgan fingerprint density at radius 1 is 1.07 bits per heavy atom. The minimum atomic E-state index is -0.687. The van der Waals surface area contributed by atoms with E-state index in [9.17, 15) is 4.79 Å². The topological polar surface area (TPSA) is 37.3 Å². The number of carboxylic acids is 1. The van der Waals surface area contributed by atoms with Crippen LogP contribution in [0, 0.1) is 11.8 Å². The van der Waals surface area contributed by atoms with E-state index in [0.717, 1.165) is 44.9 Å². The van der Waals surface area contributed by atoms with Crippen molar-refractivity contribution in [2.75, 3.05) is 0 Å². The van der Waals surface area contributed by atoms with Crippen LogP contribution < -0.4 is 0 Å². The molecule has 0 aromatic heterocycles. The summed E-state index contributed by atoms with van der Waals surface area (Å²) in [5, 5.41) is 8.39. The van der Waals surface area contributed by atoms with Gasteiger partial charge in [-0.25, -0.2) is 0 Å². The second-order valence-corrected chi connectivity index (χ2v) is 3.41. The third-order valence-electron chi connectivity index (χ3n) is 1.94. The maximum atomic E-state index is 10.2. The van der Waals surface area contributed by atoms with Crippen molar-refractivity contribution in [1.29, 1.82) is 0 Å². The van der Waals surface area contributed by atoms with Gasteiger partial charge < -0.3 is 5.11 Å². The standard InChI is InChI=1S/C12H20O2/c1-2-3-4-5-6-7-8-9-10-11-12(13)14/h2-3,6-11H2,1H3,(H,13,14). The lowest BCUT2D eigenvalue weighted by Crippen LogP contribution is -1.93. The van der Waals surface area contributed by atoms with Gasteiger partial charge in [0, 0.05) is 19.3 Å². The quantitative estimate of drug-likeness (QED) is 0.501. The number of carbonyl (C=O) groups is 1. The molecule has 0 aromatic carbocycles. The van der Waals surface area contributed by atoms with Gasteiger partial charge in [-0.2, -0.15) is 0 Å². The molecule has 0 aliphatic heterocycles. The Morgan fingerprint density at radius 2 is 1.71 bits per heavy atom. The fraction of sp³-hybridized carbons (Fsp3) is 0.750. The monoisotopic (exact) mass is 196 g/mol. The van der Waals surface area contributed by atoms with Gasteiger partial charge in [0.1, 0.15) is 0 Å². The Morgan fingerprint density at radius 3 is 2.36 bits per heavy atom.